The summed E-state index contributed by atoms with van der Waals surface area (Å²) in [5, 5.41) is 9.31. The molecule has 0 spiro atoms. The summed E-state index contributed by atoms with van der Waals surface area (Å²) in [4.78, 5) is 15.5. The number of aromatic hydroxyl groups is 1. The van der Waals surface area contributed by atoms with E-state index in [0.29, 0.717) is 22.6 Å². The Morgan fingerprint density at radius 1 is 1.12 bits per heavy atom. The fraction of sp³-hybridized carbons (Fsp3) is 0. The molecule has 1 aromatic rings. The van der Waals surface area contributed by atoms with Crippen LogP contribution in [0.4, 0.5) is 0 Å². The van der Waals surface area contributed by atoms with Crippen LogP contribution in [0.1, 0.15) is 0 Å². The van der Waals surface area contributed by atoms with Crippen molar-refractivity contribution >= 4 is 11.1 Å². The number of rotatable bonds is 0. The average molecular weight is 236 g/mol. The molecule has 0 bridgehead atoms. The average Bonchev–Trinajstić information content (AvgIpc) is 2.26. The molecule has 0 atom stereocenters. The van der Waals surface area contributed by atoms with E-state index in [-0.39, 0.29) is 40.7 Å². The van der Waals surface area contributed by atoms with Gasteiger partial charge in [0.05, 0.1) is 0 Å². The summed E-state index contributed by atoms with van der Waals surface area (Å²) in [5.41, 5.74) is 1.59. The summed E-state index contributed by atoms with van der Waals surface area (Å²) in [5.74, 6) is 0.529. The molecule has 1 aliphatic heterocycles. The van der Waals surface area contributed by atoms with Gasteiger partial charge < -0.3 is 9.52 Å². The van der Waals surface area contributed by atoms with E-state index in [1.165, 1.54) is 18.2 Å². The van der Waals surface area contributed by atoms with E-state index in [0.717, 1.165) is 0 Å². The standard InChI is InChI=1S/C12H7NO3.Na/c14-7-1-3-9-11(5-7)16-12-6-8(15)2-4-10(12)13-9;/h1-6,14H;/q;+1. The molecule has 78 valence electrons. The van der Waals surface area contributed by atoms with Crippen molar-refractivity contribution in [3.05, 3.63) is 46.6 Å². The number of phenols is 1. The fourth-order valence-electron chi connectivity index (χ4n) is 1.59. The molecule has 5 heteroatoms. The molecule has 0 unspecified atom stereocenters. The topological polar surface area (TPSA) is 63.3 Å². The Hall–Kier alpha value is -1.36. The number of aromatic nitrogens is 1. The van der Waals surface area contributed by atoms with Gasteiger partial charge in [-0.15, -0.1) is 0 Å². The number of fused-ring (bicyclic) bond motifs is 2. The molecule has 0 fully saturated rings. The van der Waals surface area contributed by atoms with Gasteiger partial charge in [-0.1, -0.05) is 0 Å². The summed E-state index contributed by atoms with van der Waals surface area (Å²) < 4.78 is 5.49. The summed E-state index contributed by atoms with van der Waals surface area (Å²) in [6, 6.07) is 9.12. The molecule has 3 rings (SSSR count). The first kappa shape index (κ1) is 12.1. The Balaban J connectivity index is 0.00000108. The molecule has 0 radical (unpaired) electrons. The van der Waals surface area contributed by atoms with Gasteiger partial charge >= 0.3 is 29.6 Å². The van der Waals surface area contributed by atoms with Crippen molar-refractivity contribution in [3.8, 4) is 17.2 Å². The molecule has 1 aromatic carbocycles. The number of hydrogen-bond acceptors (Lipinski definition) is 4. The maximum Gasteiger partial charge on any atom is 1.00 e. The van der Waals surface area contributed by atoms with Crippen molar-refractivity contribution in [2.45, 2.75) is 0 Å². The summed E-state index contributed by atoms with van der Waals surface area (Å²) in [6.07, 6.45) is 0. The third-order valence-corrected chi connectivity index (χ3v) is 2.34. The smallest absolute Gasteiger partial charge is 0.508 e. The van der Waals surface area contributed by atoms with Gasteiger partial charge in [0.1, 0.15) is 17.0 Å². The minimum Gasteiger partial charge on any atom is -0.508 e. The Labute approximate surface area is 119 Å². The fourth-order valence-corrected chi connectivity index (χ4v) is 1.59. The van der Waals surface area contributed by atoms with Crippen LogP contribution in [0.5, 0.6) is 5.75 Å². The zero-order chi connectivity index (χ0) is 11.1. The summed E-state index contributed by atoms with van der Waals surface area (Å²) in [7, 11) is 0. The second kappa shape index (κ2) is 4.49. The Kier molecular flexibility index (Phi) is 3.19. The van der Waals surface area contributed by atoms with E-state index in [1.807, 2.05) is 0 Å². The van der Waals surface area contributed by atoms with Crippen molar-refractivity contribution in [2.24, 2.45) is 0 Å². The van der Waals surface area contributed by atoms with Gasteiger partial charge in [-0.2, -0.15) is 0 Å². The second-order valence-corrected chi connectivity index (χ2v) is 3.50. The van der Waals surface area contributed by atoms with Crippen molar-refractivity contribution in [1.82, 2.24) is 4.98 Å². The Bertz CT molecular complexity index is 708. The van der Waals surface area contributed by atoms with E-state index in [2.05, 4.69) is 4.98 Å². The Morgan fingerprint density at radius 3 is 2.76 bits per heavy atom. The third-order valence-electron chi connectivity index (χ3n) is 2.34. The maximum atomic E-state index is 11.1. The van der Waals surface area contributed by atoms with Gasteiger partial charge in [-0.25, -0.2) is 4.98 Å². The van der Waals surface area contributed by atoms with Crippen LogP contribution < -0.4 is 35.0 Å². The van der Waals surface area contributed by atoms with Crippen LogP contribution in [0, 0.1) is 0 Å². The molecular weight excluding hydrogens is 229 g/mol. The van der Waals surface area contributed by atoms with Crippen LogP contribution in [-0.4, -0.2) is 10.1 Å². The number of phenolic OH excluding ortho intramolecular Hbond substituents is 1. The predicted octanol–water partition coefficient (Wildman–Crippen LogP) is -0.998. The molecule has 2 aliphatic rings. The van der Waals surface area contributed by atoms with E-state index in [1.54, 1.807) is 18.2 Å². The van der Waals surface area contributed by atoms with E-state index < -0.39 is 0 Å². The van der Waals surface area contributed by atoms with Gasteiger partial charge in [0, 0.05) is 12.1 Å². The zero-order valence-electron chi connectivity index (χ0n) is 9.18. The van der Waals surface area contributed by atoms with Crippen molar-refractivity contribution in [3.63, 3.8) is 0 Å². The van der Waals surface area contributed by atoms with Gasteiger partial charge in [-0.3, -0.25) is 4.79 Å². The van der Waals surface area contributed by atoms with Gasteiger partial charge in [0.2, 0.25) is 0 Å². The van der Waals surface area contributed by atoms with E-state index in [9.17, 15) is 9.90 Å². The van der Waals surface area contributed by atoms with Crippen LogP contribution in [0.15, 0.2) is 45.6 Å². The molecule has 1 N–H and O–H groups in total. The Morgan fingerprint density at radius 2 is 1.94 bits per heavy atom. The monoisotopic (exact) mass is 236 g/mol. The van der Waals surface area contributed by atoms with Crippen LogP contribution in [-0.2, 0) is 0 Å². The third kappa shape index (κ3) is 2.20. The minimum atomic E-state index is -0.127. The normalized spacial score (nSPS) is 10.4. The molecule has 0 aromatic heterocycles. The molecule has 4 nitrogen and oxygen atoms in total. The SMILES string of the molecule is O=c1ccc2nc3ccc(O)cc3oc-2c1.[Na+]. The van der Waals surface area contributed by atoms with Crippen molar-refractivity contribution < 1.29 is 39.1 Å². The van der Waals surface area contributed by atoms with Gasteiger partial charge in [-0.05, 0) is 24.3 Å². The number of nitrogens with zero attached hydrogens (tertiary/aromatic N) is 1. The quantitative estimate of drug-likeness (QED) is 0.402. The first-order chi connectivity index (χ1) is 7.72. The summed E-state index contributed by atoms with van der Waals surface area (Å²) >= 11 is 0. The van der Waals surface area contributed by atoms with Crippen LogP contribution >= 0.6 is 0 Å². The van der Waals surface area contributed by atoms with Crippen molar-refractivity contribution in [1.29, 1.82) is 0 Å². The largest absolute Gasteiger partial charge is 1.00 e. The first-order valence-corrected chi connectivity index (χ1v) is 4.76. The van der Waals surface area contributed by atoms with E-state index in [4.69, 9.17) is 4.42 Å². The van der Waals surface area contributed by atoms with Crippen LogP contribution in [0.2, 0.25) is 0 Å². The molecule has 1 aliphatic carbocycles. The molecule has 17 heavy (non-hydrogen) atoms. The number of benzene rings is 2. The van der Waals surface area contributed by atoms with Crippen LogP contribution in [0.25, 0.3) is 22.6 Å². The minimum absolute atomic E-state index is 0. The van der Waals surface area contributed by atoms with Gasteiger partial charge in [0.15, 0.2) is 16.8 Å². The predicted molar refractivity (Wildman–Crippen MR) is 58.6 cm³/mol. The maximum absolute atomic E-state index is 11.1. The van der Waals surface area contributed by atoms with Gasteiger partial charge in [0.25, 0.3) is 0 Å². The molecule has 0 saturated heterocycles. The van der Waals surface area contributed by atoms with Crippen molar-refractivity contribution in [2.75, 3.05) is 0 Å². The zero-order valence-corrected chi connectivity index (χ0v) is 11.2. The van der Waals surface area contributed by atoms with E-state index >= 15 is 0 Å². The molecular formula is C12H7NNaO3+. The van der Waals surface area contributed by atoms with Crippen LogP contribution in [0.3, 0.4) is 0 Å². The second-order valence-electron chi connectivity index (χ2n) is 3.50. The molecule has 0 amide bonds. The number of hydrogen-bond donors (Lipinski definition) is 1. The summed E-state index contributed by atoms with van der Waals surface area (Å²) in [6.45, 7) is 0. The first-order valence-electron chi connectivity index (χ1n) is 4.76. The molecule has 0 saturated carbocycles. The molecule has 1 heterocycles.